The van der Waals surface area contributed by atoms with E-state index < -0.39 is 17.4 Å². The van der Waals surface area contributed by atoms with Gasteiger partial charge in [0.25, 0.3) is 0 Å². The standard InChI is InChI=1S/C15H11ClF2O2/c1-2-20-14-6-4-3-5-9(14)15(19)10-7-12(17)13(18)8-11(10)16/h3-8H,2H2,1H3. The van der Waals surface area contributed by atoms with Gasteiger partial charge < -0.3 is 4.74 Å². The van der Waals surface area contributed by atoms with Crippen molar-refractivity contribution in [3.63, 3.8) is 0 Å². The summed E-state index contributed by atoms with van der Waals surface area (Å²) in [5.41, 5.74) is 0.153. The predicted molar refractivity (Wildman–Crippen MR) is 72.4 cm³/mol. The van der Waals surface area contributed by atoms with Crippen molar-refractivity contribution in [3.05, 3.63) is 64.2 Å². The zero-order valence-corrected chi connectivity index (χ0v) is 11.4. The first-order valence-corrected chi connectivity index (χ1v) is 6.33. The molecule has 0 heterocycles. The molecule has 5 heteroatoms. The summed E-state index contributed by atoms with van der Waals surface area (Å²) >= 11 is 5.81. The molecule has 0 saturated heterocycles. The van der Waals surface area contributed by atoms with Gasteiger partial charge in [0.05, 0.1) is 17.2 Å². The van der Waals surface area contributed by atoms with E-state index in [1.54, 1.807) is 31.2 Å². The second kappa shape index (κ2) is 6.01. The van der Waals surface area contributed by atoms with Gasteiger partial charge >= 0.3 is 0 Å². The van der Waals surface area contributed by atoms with Crippen LogP contribution in [0.4, 0.5) is 8.78 Å². The Labute approximate surface area is 119 Å². The maximum absolute atomic E-state index is 13.3. The van der Waals surface area contributed by atoms with Crippen molar-refractivity contribution in [2.45, 2.75) is 6.92 Å². The van der Waals surface area contributed by atoms with E-state index in [2.05, 4.69) is 0 Å². The molecule has 0 aliphatic rings. The largest absolute Gasteiger partial charge is 0.493 e. The molecule has 104 valence electrons. The highest BCUT2D eigenvalue weighted by molar-refractivity contribution is 6.35. The average molecular weight is 297 g/mol. The fourth-order valence-electron chi connectivity index (χ4n) is 1.78. The molecule has 2 rings (SSSR count). The van der Waals surface area contributed by atoms with E-state index in [4.69, 9.17) is 16.3 Å². The minimum Gasteiger partial charge on any atom is -0.493 e. The molecule has 0 aromatic heterocycles. The van der Waals surface area contributed by atoms with Crippen LogP contribution >= 0.6 is 11.6 Å². The van der Waals surface area contributed by atoms with Crippen LogP contribution in [0, 0.1) is 11.6 Å². The lowest BCUT2D eigenvalue weighted by atomic mass is 10.0. The zero-order valence-electron chi connectivity index (χ0n) is 10.6. The van der Waals surface area contributed by atoms with Gasteiger partial charge in [-0.25, -0.2) is 8.78 Å². The fourth-order valence-corrected chi connectivity index (χ4v) is 2.01. The Hall–Kier alpha value is -1.94. The molecule has 0 atom stereocenters. The maximum atomic E-state index is 13.3. The molecule has 2 aromatic rings. The van der Waals surface area contributed by atoms with Crippen LogP contribution in [0.5, 0.6) is 5.75 Å². The van der Waals surface area contributed by atoms with E-state index in [1.165, 1.54) is 0 Å². The number of benzene rings is 2. The van der Waals surface area contributed by atoms with E-state index in [-0.39, 0.29) is 16.1 Å². The topological polar surface area (TPSA) is 26.3 Å². The molecule has 0 amide bonds. The molecular weight excluding hydrogens is 286 g/mol. The van der Waals surface area contributed by atoms with E-state index in [1.807, 2.05) is 0 Å². The van der Waals surface area contributed by atoms with Crippen molar-refractivity contribution in [2.24, 2.45) is 0 Å². The molecule has 20 heavy (non-hydrogen) atoms. The number of para-hydroxylation sites is 1. The molecular formula is C15H11ClF2O2. The third-order valence-electron chi connectivity index (χ3n) is 2.69. The smallest absolute Gasteiger partial charge is 0.198 e. The van der Waals surface area contributed by atoms with Crippen molar-refractivity contribution in [1.82, 2.24) is 0 Å². The fraction of sp³-hybridized carbons (Fsp3) is 0.133. The van der Waals surface area contributed by atoms with Gasteiger partial charge in [0, 0.05) is 5.56 Å². The van der Waals surface area contributed by atoms with Gasteiger partial charge in [-0.1, -0.05) is 23.7 Å². The average Bonchev–Trinajstić information content (AvgIpc) is 2.43. The number of carbonyl (C=O) groups excluding carboxylic acids is 1. The quantitative estimate of drug-likeness (QED) is 0.623. The van der Waals surface area contributed by atoms with Crippen LogP contribution in [-0.2, 0) is 0 Å². The Balaban J connectivity index is 2.49. The van der Waals surface area contributed by atoms with E-state index in [0.29, 0.717) is 12.4 Å². The lowest BCUT2D eigenvalue weighted by Crippen LogP contribution is -2.07. The SMILES string of the molecule is CCOc1ccccc1C(=O)c1cc(F)c(F)cc1Cl. The second-order valence-electron chi connectivity index (χ2n) is 4.00. The normalized spacial score (nSPS) is 10.4. The monoisotopic (exact) mass is 296 g/mol. The van der Waals surface area contributed by atoms with Crippen LogP contribution < -0.4 is 4.74 Å². The van der Waals surface area contributed by atoms with Crippen molar-refractivity contribution in [3.8, 4) is 5.75 Å². The summed E-state index contributed by atoms with van der Waals surface area (Å²) in [5.74, 6) is -2.35. The van der Waals surface area contributed by atoms with E-state index in [9.17, 15) is 13.6 Å². The Kier molecular flexibility index (Phi) is 4.35. The van der Waals surface area contributed by atoms with E-state index in [0.717, 1.165) is 12.1 Å². The molecule has 2 aromatic carbocycles. The van der Waals surface area contributed by atoms with E-state index >= 15 is 0 Å². The molecule has 0 saturated carbocycles. The lowest BCUT2D eigenvalue weighted by molar-refractivity contribution is 0.103. The van der Waals surface area contributed by atoms with Gasteiger partial charge in [0.2, 0.25) is 0 Å². The van der Waals surface area contributed by atoms with Crippen LogP contribution in [-0.4, -0.2) is 12.4 Å². The summed E-state index contributed by atoms with van der Waals surface area (Å²) in [5, 5.41) is -0.139. The summed E-state index contributed by atoms with van der Waals surface area (Å²) in [6.07, 6.45) is 0. The molecule has 0 aliphatic heterocycles. The summed E-state index contributed by atoms with van der Waals surface area (Å²) in [6, 6.07) is 8.13. The first-order chi connectivity index (χ1) is 9.54. The van der Waals surface area contributed by atoms with Gasteiger partial charge in [-0.2, -0.15) is 0 Å². The highest BCUT2D eigenvalue weighted by Crippen LogP contribution is 2.27. The molecule has 2 nitrogen and oxygen atoms in total. The van der Waals surface area contributed by atoms with Crippen molar-refractivity contribution in [2.75, 3.05) is 6.61 Å². The second-order valence-corrected chi connectivity index (χ2v) is 4.41. The number of ketones is 1. The van der Waals surface area contributed by atoms with Crippen molar-refractivity contribution < 1.29 is 18.3 Å². The van der Waals surface area contributed by atoms with Crippen LogP contribution in [0.25, 0.3) is 0 Å². The molecule has 0 unspecified atom stereocenters. The Morgan fingerprint density at radius 2 is 1.80 bits per heavy atom. The Bertz CT molecular complexity index is 656. The zero-order chi connectivity index (χ0) is 14.7. The molecule has 0 N–H and O–H groups in total. The molecule has 0 spiro atoms. The third kappa shape index (κ3) is 2.80. The summed E-state index contributed by atoms with van der Waals surface area (Å²) in [6.45, 7) is 2.17. The Morgan fingerprint density at radius 3 is 2.50 bits per heavy atom. The molecule has 0 aliphatic carbocycles. The number of hydrogen-bond acceptors (Lipinski definition) is 2. The highest BCUT2D eigenvalue weighted by atomic mass is 35.5. The molecule has 0 fully saturated rings. The summed E-state index contributed by atoms with van der Waals surface area (Å²) < 4.78 is 31.6. The molecule has 0 radical (unpaired) electrons. The van der Waals surface area contributed by atoms with Crippen LogP contribution in [0.1, 0.15) is 22.8 Å². The number of hydrogen-bond donors (Lipinski definition) is 0. The first-order valence-electron chi connectivity index (χ1n) is 5.95. The number of halogens is 3. The van der Waals surface area contributed by atoms with Gasteiger partial charge in [-0.15, -0.1) is 0 Å². The first kappa shape index (κ1) is 14.5. The van der Waals surface area contributed by atoms with Gasteiger partial charge in [0.15, 0.2) is 17.4 Å². The number of ether oxygens (including phenoxy) is 1. The Morgan fingerprint density at radius 1 is 1.15 bits per heavy atom. The maximum Gasteiger partial charge on any atom is 0.198 e. The minimum atomic E-state index is -1.12. The lowest BCUT2D eigenvalue weighted by Gasteiger charge is -2.10. The third-order valence-corrected chi connectivity index (χ3v) is 3.00. The number of carbonyl (C=O) groups is 1. The predicted octanol–water partition coefficient (Wildman–Crippen LogP) is 4.25. The van der Waals surface area contributed by atoms with Gasteiger partial charge in [-0.05, 0) is 31.2 Å². The van der Waals surface area contributed by atoms with Crippen LogP contribution in [0.3, 0.4) is 0 Å². The van der Waals surface area contributed by atoms with Gasteiger partial charge in [0.1, 0.15) is 5.75 Å². The number of rotatable bonds is 4. The van der Waals surface area contributed by atoms with Crippen LogP contribution in [0.2, 0.25) is 5.02 Å². The van der Waals surface area contributed by atoms with Crippen molar-refractivity contribution in [1.29, 1.82) is 0 Å². The van der Waals surface area contributed by atoms with Crippen LogP contribution in [0.15, 0.2) is 36.4 Å². The van der Waals surface area contributed by atoms with Crippen molar-refractivity contribution >= 4 is 17.4 Å². The summed E-state index contributed by atoms with van der Waals surface area (Å²) in [4.78, 5) is 12.4. The minimum absolute atomic E-state index is 0.0993. The molecule has 0 bridgehead atoms. The summed E-state index contributed by atoms with van der Waals surface area (Å²) in [7, 11) is 0. The highest BCUT2D eigenvalue weighted by Gasteiger charge is 2.19. The van der Waals surface area contributed by atoms with Gasteiger partial charge in [-0.3, -0.25) is 4.79 Å².